The standard InChI is InChI=1S/C26H17ClF7N3O3/c27-18-2-1-13(28)8-16(18)23-22-17(25(40)37-23)9-15(35-21(38)4-3-20(30)31)10-19(22)36-24(39)11-5-12(26(32,33)34)7-14(29)6-11/h1-2,5-10,20,23H,3-4H2,(H,35,38)(H,36,39)(H,37,40). The first-order valence-corrected chi connectivity index (χ1v) is 11.8. The Morgan fingerprint density at radius 2 is 1.70 bits per heavy atom. The number of fused-ring (bicyclic) bond motifs is 1. The van der Waals surface area contributed by atoms with Gasteiger partial charge in [0.2, 0.25) is 12.3 Å². The Morgan fingerprint density at radius 3 is 2.38 bits per heavy atom. The van der Waals surface area contributed by atoms with Crippen LogP contribution in [-0.2, 0) is 11.0 Å². The van der Waals surface area contributed by atoms with Crippen LogP contribution < -0.4 is 16.0 Å². The molecule has 0 aliphatic carbocycles. The third-order valence-corrected chi connectivity index (χ3v) is 6.21. The lowest BCUT2D eigenvalue weighted by Crippen LogP contribution is -2.21. The minimum atomic E-state index is -4.96. The van der Waals surface area contributed by atoms with E-state index in [-0.39, 0.29) is 39.2 Å². The van der Waals surface area contributed by atoms with Crippen LogP contribution in [0.5, 0.6) is 0 Å². The van der Waals surface area contributed by atoms with Crippen molar-refractivity contribution in [2.75, 3.05) is 10.6 Å². The van der Waals surface area contributed by atoms with Crippen molar-refractivity contribution in [1.82, 2.24) is 5.32 Å². The number of alkyl halides is 5. The number of hydrogen-bond acceptors (Lipinski definition) is 3. The summed E-state index contributed by atoms with van der Waals surface area (Å²) in [5.74, 6) is -4.86. The molecule has 3 N–H and O–H groups in total. The maximum absolute atomic E-state index is 14.0. The third-order valence-electron chi connectivity index (χ3n) is 5.87. The monoisotopic (exact) mass is 587 g/mol. The molecule has 0 radical (unpaired) electrons. The van der Waals surface area contributed by atoms with Gasteiger partial charge in [0.15, 0.2) is 0 Å². The molecule has 0 spiro atoms. The Labute approximate surface area is 226 Å². The van der Waals surface area contributed by atoms with E-state index in [2.05, 4.69) is 16.0 Å². The summed E-state index contributed by atoms with van der Waals surface area (Å²) >= 11 is 6.21. The molecule has 0 aromatic heterocycles. The lowest BCUT2D eigenvalue weighted by Gasteiger charge is -2.19. The summed E-state index contributed by atoms with van der Waals surface area (Å²) in [6.07, 6.45) is -9.04. The van der Waals surface area contributed by atoms with Crippen LogP contribution in [0.25, 0.3) is 0 Å². The lowest BCUT2D eigenvalue weighted by atomic mass is 9.95. The molecule has 3 aromatic carbocycles. The highest BCUT2D eigenvalue weighted by Gasteiger charge is 2.36. The van der Waals surface area contributed by atoms with Gasteiger partial charge in [-0.3, -0.25) is 14.4 Å². The highest BCUT2D eigenvalue weighted by atomic mass is 35.5. The van der Waals surface area contributed by atoms with E-state index >= 15 is 0 Å². The molecule has 1 atom stereocenters. The number of amides is 3. The summed E-state index contributed by atoms with van der Waals surface area (Å²) in [7, 11) is 0. The van der Waals surface area contributed by atoms with E-state index in [0.717, 1.165) is 18.2 Å². The van der Waals surface area contributed by atoms with Crippen molar-refractivity contribution in [3.05, 3.63) is 93.0 Å². The van der Waals surface area contributed by atoms with Crippen LogP contribution in [0.1, 0.15) is 56.3 Å². The second-order valence-electron chi connectivity index (χ2n) is 8.72. The van der Waals surface area contributed by atoms with Crippen LogP contribution in [0, 0.1) is 11.6 Å². The third kappa shape index (κ3) is 6.36. The molecule has 1 aliphatic heterocycles. The van der Waals surface area contributed by atoms with Gasteiger partial charge in [-0.1, -0.05) is 11.6 Å². The number of benzene rings is 3. The molecule has 3 aromatic rings. The van der Waals surface area contributed by atoms with E-state index in [4.69, 9.17) is 11.6 Å². The zero-order valence-electron chi connectivity index (χ0n) is 19.9. The molecule has 1 unspecified atom stereocenters. The van der Waals surface area contributed by atoms with Gasteiger partial charge in [0.1, 0.15) is 11.6 Å². The van der Waals surface area contributed by atoms with Crippen LogP contribution in [0.15, 0.2) is 48.5 Å². The Morgan fingerprint density at radius 1 is 0.975 bits per heavy atom. The maximum atomic E-state index is 14.0. The zero-order valence-corrected chi connectivity index (χ0v) is 20.7. The summed E-state index contributed by atoms with van der Waals surface area (Å²) in [5, 5.41) is 7.21. The molecule has 4 rings (SSSR count). The first-order chi connectivity index (χ1) is 18.7. The summed E-state index contributed by atoms with van der Waals surface area (Å²) in [6, 6.07) is 5.64. The number of rotatable bonds is 7. The van der Waals surface area contributed by atoms with Gasteiger partial charge in [-0.25, -0.2) is 17.6 Å². The normalized spacial score (nSPS) is 14.6. The number of hydrogen-bond donors (Lipinski definition) is 3. The Bertz CT molecular complexity index is 1510. The molecule has 210 valence electrons. The fourth-order valence-corrected chi connectivity index (χ4v) is 4.35. The molecule has 1 aliphatic rings. The van der Waals surface area contributed by atoms with Gasteiger partial charge in [-0.2, -0.15) is 13.2 Å². The van der Waals surface area contributed by atoms with Crippen molar-refractivity contribution in [3.8, 4) is 0 Å². The molecule has 6 nitrogen and oxygen atoms in total. The molecule has 14 heteroatoms. The van der Waals surface area contributed by atoms with Gasteiger partial charge in [-0.15, -0.1) is 0 Å². The fourth-order valence-electron chi connectivity index (χ4n) is 4.12. The maximum Gasteiger partial charge on any atom is 0.416 e. The Balaban J connectivity index is 1.79. The highest BCUT2D eigenvalue weighted by molar-refractivity contribution is 6.31. The average molecular weight is 588 g/mol. The largest absolute Gasteiger partial charge is 0.416 e. The van der Waals surface area contributed by atoms with E-state index in [0.29, 0.717) is 12.1 Å². The minimum absolute atomic E-state index is 0.0175. The number of carbonyl (C=O) groups is 3. The minimum Gasteiger partial charge on any atom is -0.341 e. The highest BCUT2D eigenvalue weighted by Crippen LogP contribution is 2.41. The van der Waals surface area contributed by atoms with Gasteiger partial charge in [0.05, 0.1) is 11.6 Å². The van der Waals surface area contributed by atoms with E-state index in [9.17, 15) is 45.1 Å². The topological polar surface area (TPSA) is 87.3 Å². The molecule has 3 amide bonds. The molecule has 0 saturated heterocycles. The number of anilines is 2. The SMILES string of the molecule is O=C(CCC(F)F)Nc1cc(NC(=O)c2cc(F)cc(C(F)(F)F)c2)c2c(c1)C(=O)NC2c1cc(F)ccc1Cl. The predicted molar refractivity (Wildman–Crippen MR) is 130 cm³/mol. The van der Waals surface area contributed by atoms with E-state index in [1.807, 2.05) is 0 Å². The lowest BCUT2D eigenvalue weighted by molar-refractivity contribution is -0.137. The summed E-state index contributed by atoms with van der Waals surface area (Å²) in [4.78, 5) is 38.0. The van der Waals surface area contributed by atoms with Crippen LogP contribution in [0.4, 0.5) is 42.1 Å². The van der Waals surface area contributed by atoms with E-state index in [1.54, 1.807) is 0 Å². The van der Waals surface area contributed by atoms with Crippen molar-refractivity contribution in [3.63, 3.8) is 0 Å². The number of carbonyl (C=O) groups excluding carboxylic acids is 3. The number of halogens is 8. The first-order valence-electron chi connectivity index (χ1n) is 11.4. The molecule has 0 bridgehead atoms. The summed E-state index contributed by atoms with van der Waals surface area (Å²) in [6.45, 7) is 0. The van der Waals surface area contributed by atoms with Crippen LogP contribution in [0.3, 0.4) is 0 Å². The summed E-state index contributed by atoms with van der Waals surface area (Å²) < 4.78 is 92.6. The van der Waals surface area contributed by atoms with Crippen LogP contribution in [0.2, 0.25) is 5.02 Å². The molecular formula is C26H17ClF7N3O3. The summed E-state index contributed by atoms with van der Waals surface area (Å²) in [5.41, 5.74) is -2.54. The second kappa shape index (κ2) is 11.2. The fraction of sp³-hybridized carbons (Fsp3) is 0.192. The molecular weight excluding hydrogens is 571 g/mol. The molecule has 40 heavy (non-hydrogen) atoms. The van der Waals surface area contributed by atoms with Gasteiger partial charge in [0, 0.05) is 51.5 Å². The smallest absolute Gasteiger partial charge is 0.341 e. The van der Waals surface area contributed by atoms with Crippen LogP contribution >= 0.6 is 11.6 Å². The second-order valence-corrected chi connectivity index (χ2v) is 9.12. The average Bonchev–Trinajstić information content (AvgIpc) is 3.19. The van der Waals surface area contributed by atoms with E-state index < -0.39 is 72.0 Å². The van der Waals surface area contributed by atoms with Crippen LogP contribution in [-0.4, -0.2) is 24.1 Å². The van der Waals surface area contributed by atoms with Gasteiger partial charge in [0.25, 0.3) is 11.8 Å². The van der Waals surface area contributed by atoms with Gasteiger partial charge < -0.3 is 16.0 Å². The predicted octanol–water partition coefficient (Wildman–Crippen LogP) is 6.71. The molecule has 0 fully saturated rings. The van der Waals surface area contributed by atoms with Crippen molar-refractivity contribution >= 4 is 40.7 Å². The Kier molecular flexibility index (Phi) is 8.05. The molecule has 1 heterocycles. The van der Waals surface area contributed by atoms with Gasteiger partial charge >= 0.3 is 6.18 Å². The molecule has 0 saturated carbocycles. The van der Waals surface area contributed by atoms with E-state index in [1.165, 1.54) is 12.1 Å². The van der Waals surface area contributed by atoms with Crippen molar-refractivity contribution in [2.24, 2.45) is 0 Å². The van der Waals surface area contributed by atoms with Crippen molar-refractivity contribution in [2.45, 2.75) is 31.5 Å². The van der Waals surface area contributed by atoms with Gasteiger partial charge in [-0.05, 0) is 48.5 Å². The zero-order chi connectivity index (χ0) is 29.4. The first kappa shape index (κ1) is 28.9. The van der Waals surface area contributed by atoms with Crippen molar-refractivity contribution < 1.29 is 45.1 Å². The number of nitrogens with one attached hydrogen (secondary N) is 3. The van der Waals surface area contributed by atoms with Crippen molar-refractivity contribution in [1.29, 1.82) is 0 Å². The Hall–Kier alpha value is -4.13. The quantitative estimate of drug-likeness (QED) is 0.269.